The van der Waals surface area contributed by atoms with E-state index in [4.69, 9.17) is 4.55 Å². The molecule has 5 nitrogen and oxygen atoms in total. The Morgan fingerprint density at radius 1 is 1.29 bits per heavy atom. The molecule has 0 bridgehead atoms. The highest BCUT2D eigenvalue weighted by Gasteiger charge is 2.32. The molecule has 0 spiro atoms. The van der Waals surface area contributed by atoms with E-state index in [1.807, 2.05) is 0 Å². The van der Waals surface area contributed by atoms with Crippen molar-refractivity contribution in [2.24, 2.45) is 5.92 Å². The van der Waals surface area contributed by atoms with Crippen LogP contribution < -0.4 is 5.32 Å². The lowest BCUT2D eigenvalue weighted by Crippen LogP contribution is -2.38. The number of amides is 1. The van der Waals surface area contributed by atoms with Gasteiger partial charge in [0.2, 0.25) is 5.91 Å². The van der Waals surface area contributed by atoms with Gasteiger partial charge in [-0.15, -0.1) is 0 Å². The molecule has 6 heteroatoms. The fraction of sp³-hybridized carbons (Fsp3) is 0.909. The van der Waals surface area contributed by atoms with Gasteiger partial charge in [-0.1, -0.05) is 32.6 Å². The van der Waals surface area contributed by atoms with E-state index in [9.17, 15) is 13.2 Å². The molecule has 0 rings (SSSR count). The van der Waals surface area contributed by atoms with Gasteiger partial charge in [0.05, 0.1) is 11.2 Å². The summed E-state index contributed by atoms with van der Waals surface area (Å²) in [4.78, 5) is 11.6. The molecule has 0 aliphatic carbocycles. The summed E-state index contributed by atoms with van der Waals surface area (Å²) in [5.74, 6) is -1.00. The first kappa shape index (κ1) is 16.4. The van der Waals surface area contributed by atoms with Crippen LogP contribution >= 0.6 is 0 Å². The SMILES string of the molecule is CCCCCCC(C(=O)NC)C(C)S(=O)(=O)O. The number of hydrogen-bond donors (Lipinski definition) is 2. The van der Waals surface area contributed by atoms with E-state index in [2.05, 4.69) is 12.2 Å². The van der Waals surface area contributed by atoms with Crippen LogP contribution in [0, 0.1) is 5.92 Å². The Hall–Kier alpha value is -0.620. The summed E-state index contributed by atoms with van der Waals surface area (Å²) in [6.45, 7) is 3.45. The molecular weight excluding hydrogens is 242 g/mol. The Balaban J connectivity index is 4.50. The van der Waals surface area contributed by atoms with E-state index in [-0.39, 0.29) is 5.91 Å². The molecule has 2 atom stereocenters. The summed E-state index contributed by atoms with van der Waals surface area (Å²) in [6.07, 6.45) is 4.41. The van der Waals surface area contributed by atoms with Crippen molar-refractivity contribution in [2.75, 3.05) is 7.05 Å². The van der Waals surface area contributed by atoms with Crippen LogP contribution in [0.15, 0.2) is 0 Å². The number of rotatable bonds is 8. The fourth-order valence-corrected chi connectivity index (χ4v) is 2.44. The quantitative estimate of drug-likeness (QED) is 0.516. The first-order valence-electron chi connectivity index (χ1n) is 6.02. The highest BCUT2D eigenvalue weighted by Crippen LogP contribution is 2.19. The van der Waals surface area contributed by atoms with E-state index in [0.717, 1.165) is 25.7 Å². The zero-order valence-corrected chi connectivity index (χ0v) is 11.6. The minimum absolute atomic E-state index is 0.327. The van der Waals surface area contributed by atoms with Gasteiger partial charge in [-0.05, 0) is 13.3 Å². The van der Waals surface area contributed by atoms with Gasteiger partial charge in [-0.25, -0.2) is 0 Å². The number of carbonyl (C=O) groups is 1. The highest BCUT2D eigenvalue weighted by molar-refractivity contribution is 7.86. The van der Waals surface area contributed by atoms with Crippen LogP contribution in [-0.2, 0) is 14.9 Å². The fourth-order valence-electron chi connectivity index (χ4n) is 1.76. The van der Waals surface area contributed by atoms with E-state index < -0.39 is 21.3 Å². The van der Waals surface area contributed by atoms with Gasteiger partial charge in [-0.2, -0.15) is 8.42 Å². The summed E-state index contributed by atoms with van der Waals surface area (Å²) < 4.78 is 31.1. The average Bonchev–Trinajstić information content (AvgIpc) is 2.26. The van der Waals surface area contributed by atoms with Gasteiger partial charge in [-0.3, -0.25) is 9.35 Å². The van der Waals surface area contributed by atoms with Crippen LogP contribution in [0.4, 0.5) is 0 Å². The third-order valence-electron chi connectivity index (χ3n) is 2.99. The summed E-state index contributed by atoms with van der Waals surface area (Å²) >= 11 is 0. The Morgan fingerprint density at radius 2 is 1.88 bits per heavy atom. The second kappa shape index (κ2) is 7.66. The van der Waals surface area contributed by atoms with Crippen LogP contribution in [0.25, 0.3) is 0 Å². The van der Waals surface area contributed by atoms with E-state index in [1.165, 1.54) is 14.0 Å². The molecule has 0 saturated heterocycles. The Labute approximate surface area is 104 Å². The second-order valence-corrected chi connectivity index (χ2v) is 6.06. The lowest BCUT2D eigenvalue weighted by molar-refractivity contribution is -0.124. The van der Waals surface area contributed by atoms with Crippen molar-refractivity contribution in [3.05, 3.63) is 0 Å². The molecular formula is C11H23NO4S. The molecule has 1 amide bonds. The number of unbranched alkanes of at least 4 members (excludes halogenated alkanes) is 3. The highest BCUT2D eigenvalue weighted by atomic mass is 32.2. The monoisotopic (exact) mass is 265 g/mol. The van der Waals surface area contributed by atoms with E-state index in [0.29, 0.717) is 6.42 Å². The normalized spacial score (nSPS) is 15.3. The third-order valence-corrected chi connectivity index (χ3v) is 4.26. The summed E-state index contributed by atoms with van der Waals surface area (Å²) in [6, 6.07) is 0. The number of hydrogen-bond acceptors (Lipinski definition) is 3. The molecule has 102 valence electrons. The van der Waals surface area contributed by atoms with Crippen LogP contribution in [0.5, 0.6) is 0 Å². The molecule has 0 aliphatic heterocycles. The number of nitrogens with one attached hydrogen (secondary N) is 1. The van der Waals surface area contributed by atoms with Crippen LogP contribution in [0.3, 0.4) is 0 Å². The summed E-state index contributed by atoms with van der Waals surface area (Å²) in [5, 5.41) is 1.39. The average molecular weight is 265 g/mol. The molecule has 0 aromatic rings. The predicted molar refractivity (Wildman–Crippen MR) is 67.3 cm³/mol. The van der Waals surface area contributed by atoms with Crippen molar-refractivity contribution in [3.63, 3.8) is 0 Å². The maximum absolute atomic E-state index is 11.6. The van der Waals surface area contributed by atoms with E-state index in [1.54, 1.807) is 0 Å². The van der Waals surface area contributed by atoms with Crippen molar-refractivity contribution in [3.8, 4) is 0 Å². The van der Waals surface area contributed by atoms with Gasteiger partial charge in [0.1, 0.15) is 0 Å². The first-order chi connectivity index (χ1) is 7.84. The lowest BCUT2D eigenvalue weighted by Gasteiger charge is -2.20. The van der Waals surface area contributed by atoms with Gasteiger partial charge in [0.15, 0.2) is 0 Å². The largest absolute Gasteiger partial charge is 0.359 e. The Kier molecular flexibility index (Phi) is 7.38. The Morgan fingerprint density at radius 3 is 2.29 bits per heavy atom. The molecule has 0 saturated carbocycles. The molecule has 2 N–H and O–H groups in total. The molecule has 0 aromatic carbocycles. The molecule has 0 radical (unpaired) electrons. The van der Waals surface area contributed by atoms with Gasteiger partial charge < -0.3 is 5.32 Å². The Bertz CT molecular complexity index is 326. The van der Waals surface area contributed by atoms with Crippen molar-refractivity contribution < 1.29 is 17.8 Å². The zero-order chi connectivity index (χ0) is 13.5. The zero-order valence-electron chi connectivity index (χ0n) is 10.8. The maximum atomic E-state index is 11.6. The van der Waals surface area contributed by atoms with Gasteiger partial charge in [0.25, 0.3) is 10.1 Å². The van der Waals surface area contributed by atoms with Crippen molar-refractivity contribution in [2.45, 2.75) is 51.2 Å². The van der Waals surface area contributed by atoms with Crippen LogP contribution in [0.2, 0.25) is 0 Å². The molecule has 2 unspecified atom stereocenters. The lowest BCUT2D eigenvalue weighted by atomic mass is 9.97. The van der Waals surface area contributed by atoms with Crippen LogP contribution in [0.1, 0.15) is 46.0 Å². The summed E-state index contributed by atoms with van der Waals surface area (Å²) in [5.41, 5.74) is 0. The minimum Gasteiger partial charge on any atom is -0.359 e. The minimum atomic E-state index is -4.16. The van der Waals surface area contributed by atoms with Crippen molar-refractivity contribution in [1.29, 1.82) is 0 Å². The molecule has 0 aromatic heterocycles. The van der Waals surface area contributed by atoms with Gasteiger partial charge in [0, 0.05) is 7.05 Å². The third kappa shape index (κ3) is 6.02. The smallest absolute Gasteiger partial charge is 0.268 e. The summed E-state index contributed by atoms with van der Waals surface area (Å²) in [7, 11) is -2.69. The molecule has 17 heavy (non-hydrogen) atoms. The second-order valence-electron chi connectivity index (χ2n) is 4.29. The van der Waals surface area contributed by atoms with E-state index >= 15 is 0 Å². The van der Waals surface area contributed by atoms with Crippen LogP contribution in [-0.4, -0.2) is 31.2 Å². The van der Waals surface area contributed by atoms with Crippen molar-refractivity contribution in [1.82, 2.24) is 5.32 Å². The molecule has 0 aliphatic rings. The topological polar surface area (TPSA) is 83.5 Å². The molecule has 0 heterocycles. The number of carbonyl (C=O) groups excluding carboxylic acids is 1. The molecule has 0 fully saturated rings. The predicted octanol–water partition coefficient (Wildman–Crippen LogP) is 1.60. The maximum Gasteiger partial charge on any atom is 0.268 e. The first-order valence-corrected chi connectivity index (χ1v) is 7.52. The van der Waals surface area contributed by atoms with Crippen molar-refractivity contribution >= 4 is 16.0 Å². The van der Waals surface area contributed by atoms with Gasteiger partial charge >= 0.3 is 0 Å². The standard InChI is InChI=1S/C11H23NO4S/c1-4-5-6-7-8-10(11(13)12-3)9(2)17(14,15)16/h9-10H,4-8H2,1-3H3,(H,12,13)(H,14,15,16).